The number of rotatable bonds is 2. The van der Waals surface area contributed by atoms with Crippen LogP contribution in [-0.4, -0.2) is 51.0 Å². The molecule has 1 fully saturated rings. The quantitative estimate of drug-likeness (QED) is 0.614. The van der Waals surface area contributed by atoms with Crippen LogP contribution in [0.2, 0.25) is 0 Å². The van der Waals surface area contributed by atoms with Crippen LogP contribution >= 0.6 is 0 Å². The normalized spacial score (nSPS) is 22.4. The fourth-order valence-electron chi connectivity index (χ4n) is 1.06. The Hall–Kier alpha value is -0.180. The Morgan fingerprint density at radius 1 is 0.929 bits per heavy atom. The summed E-state index contributed by atoms with van der Waals surface area (Å²) in [6.45, 7) is 2.89. The lowest BCUT2D eigenvalue weighted by Gasteiger charge is -2.30. The van der Waals surface area contributed by atoms with Crippen LogP contribution in [0.1, 0.15) is 6.42 Å². The first kappa shape index (κ1) is 11.9. The lowest BCUT2D eigenvalue weighted by molar-refractivity contribution is 0.298. The van der Waals surface area contributed by atoms with Crippen LogP contribution in [0.15, 0.2) is 0 Å². The third-order valence-corrected chi connectivity index (χ3v) is 3.88. The van der Waals surface area contributed by atoms with Crippen molar-refractivity contribution < 1.29 is 16.8 Å². The number of sulfonamides is 2. The molecular weight excluding hydrogens is 228 g/mol. The van der Waals surface area contributed by atoms with E-state index in [0.29, 0.717) is 6.42 Å². The summed E-state index contributed by atoms with van der Waals surface area (Å²) in [4.78, 5) is 0. The predicted molar refractivity (Wildman–Crippen MR) is 51.0 cm³/mol. The van der Waals surface area contributed by atoms with Crippen molar-refractivity contribution in [3.63, 3.8) is 0 Å². The molecular formula is C6H12N2O4S2. The lowest BCUT2D eigenvalue weighted by Crippen LogP contribution is -2.44. The summed E-state index contributed by atoms with van der Waals surface area (Å²) in [5, 5.41) is 0. The van der Waals surface area contributed by atoms with Crippen molar-refractivity contribution in [3.05, 3.63) is 6.67 Å². The van der Waals surface area contributed by atoms with Gasteiger partial charge in [-0.05, 0) is 6.42 Å². The molecule has 8 heteroatoms. The van der Waals surface area contributed by atoms with E-state index in [-0.39, 0.29) is 13.1 Å². The van der Waals surface area contributed by atoms with E-state index in [4.69, 9.17) is 0 Å². The molecule has 0 atom stereocenters. The Balaban J connectivity index is 2.81. The molecule has 0 aromatic heterocycles. The molecule has 0 aromatic carbocycles. The molecule has 1 heterocycles. The molecule has 1 saturated heterocycles. The van der Waals surface area contributed by atoms with Gasteiger partial charge < -0.3 is 0 Å². The molecule has 1 aliphatic rings. The minimum Gasteiger partial charge on any atom is -0.212 e. The largest absolute Gasteiger partial charge is 0.213 e. The highest BCUT2D eigenvalue weighted by atomic mass is 32.2. The summed E-state index contributed by atoms with van der Waals surface area (Å²) in [6, 6.07) is 0. The average Bonchev–Trinajstić information content (AvgIpc) is 2.01. The van der Waals surface area contributed by atoms with Gasteiger partial charge in [0.25, 0.3) is 0 Å². The van der Waals surface area contributed by atoms with E-state index in [0.717, 1.165) is 21.1 Å². The summed E-state index contributed by atoms with van der Waals surface area (Å²) >= 11 is 0. The van der Waals surface area contributed by atoms with Gasteiger partial charge in [-0.15, -0.1) is 0 Å². The molecule has 0 aliphatic carbocycles. The molecule has 14 heavy (non-hydrogen) atoms. The first-order chi connectivity index (χ1) is 6.21. The Labute approximate surface area is 84.6 Å². The Morgan fingerprint density at radius 3 is 1.57 bits per heavy atom. The van der Waals surface area contributed by atoms with Crippen LogP contribution in [0, 0.1) is 6.67 Å². The molecule has 0 spiro atoms. The Bertz CT molecular complexity index is 362. The van der Waals surface area contributed by atoms with Crippen LogP contribution in [0.25, 0.3) is 0 Å². The van der Waals surface area contributed by atoms with Gasteiger partial charge >= 0.3 is 0 Å². The SMILES string of the molecule is CS(=O)(=O)N1[C]N(S(C)(=O)=O)CCC1. The molecule has 1 aliphatic heterocycles. The third-order valence-electron chi connectivity index (χ3n) is 1.75. The van der Waals surface area contributed by atoms with Crippen LogP contribution in [0.3, 0.4) is 0 Å². The lowest BCUT2D eigenvalue weighted by atomic mass is 10.4. The zero-order chi connectivity index (χ0) is 11.0. The number of hydrogen-bond acceptors (Lipinski definition) is 4. The fourth-order valence-corrected chi connectivity index (χ4v) is 2.53. The number of nitrogens with zero attached hydrogens (tertiary/aromatic N) is 2. The fraction of sp³-hybridized carbons (Fsp3) is 0.833. The highest BCUT2D eigenvalue weighted by molar-refractivity contribution is 7.89. The van der Waals surface area contributed by atoms with Gasteiger partial charge in [-0.1, -0.05) is 0 Å². The van der Waals surface area contributed by atoms with E-state index in [1.807, 2.05) is 0 Å². The second-order valence-electron chi connectivity index (χ2n) is 3.12. The van der Waals surface area contributed by atoms with Crippen molar-refractivity contribution in [2.75, 3.05) is 25.6 Å². The van der Waals surface area contributed by atoms with E-state index in [9.17, 15) is 16.8 Å². The molecule has 0 N–H and O–H groups in total. The summed E-state index contributed by atoms with van der Waals surface area (Å²) in [5.74, 6) is 0. The third kappa shape index (κ3) is 2.91. The van der Waals surface area contributed by atoms with Gasteiger partial charge in [0.05, 0.1) is 12.5 Å². The molecule has 0 saturated carbocycles. The van der Waals surface area contributed by atoms with Crippen LogP contribution < -0.4 is 0 Å². The van der Waals surface area contributed by atoms with Crippen molar-refractivity contribution in [1.82, 2.24) is 8.61 Å². The summed E-state index contributed by atoms with van der Waals surface area (Å²) in [7, 11) is -6.81. The Morgan fingerprint density at radius 2 is 1.29 bits per heavy atom. The molecule has 0 bridgehead atoms. The summed E-state index contributed by atoms with van der Waals surface area (Å²) < 4.78 is 46.2. The monoisotopic (exact) mass is 240 g/mol. The van der Waals surface area contributed by atoms with Crippen LogP contribution in [-0.2, 0) is 20.0 Å². The topological polar surface area (TPSA) is 74.8 Å². The van der Waals surface area contributed by atoms with E-state index in [1.165, 1.54) is 0 Å². The maximum Gasteiger partial charge on any atom is 0.213 e. The second-order valence-corrected chi connectivity index (χ2v) is 6.94. The van der Waals surface area contributed by atoms with E-state index in [1.54, 1.807) is 0 Å². The van der Waals surface area contributed by atoms with Gasteiger partial charge in [-0.25, -0.2) is 16.8 Å². The van der Waals surface area contributed by atoms with Crippen molar-refractivity contribution in [2.24, 2.45) is 0 Å². The first-order valence-electron chi connectivity index (χ1n) is 3.93. The highest BCUT2D eigenvalue weighted by Crippen LogP contribution is 2.15. The maximum absolute atomic E-state index is 11.1. The van der Waals surface area contributed by atoms with Crippen molar-refractivity contribution in [2.45, 2.75) is 6.42 Å². The van der Waals surface area contributed by atoms with Gasteiger partial charge in [-0.3, -0.25) is 0 Å². The summed E-state index contributed by atoms with van der Waals surface area (Å²) in [6.07, 6.45) is 2.52. The van der Waals surface area contributed by atoms with Crippen molar-refractivity contribution >= 4 is 20.0 Å². The van der Waals surface area contributed by atoms with E-state index >= 15 is 0 Å². The zero-order valence-corrected chi connectivity index (χ0v) is 9.60. The molecule has 82 valence electrons. The highest BCUT2D eigenvalue weighted by Gasteiger charge is 2.30. The van der Waals surface area contributed by atoms with Crippen LogP contribution in [0.5, 0.6) is 0 Å². The van der Waals surface area contributed by atoms with Crippen LogP contribution in [0.4, 0.5) is 0 Å². The minimum absolute atomic E-state index is 0.283. The zero-order valence-electron chi connectivity index (χ0n) is 7.97. The molecule has 0 amide bonds. The second kappa shape index (κ2) is 3.76. The maximum atomic E-state index is 11.1. The minimum atomic E-state index is -3.40. The van der Waals surface area contributed by atoms with Gasteiger partial charge in [-0.2, -0.15) is 8.61 Å². The average molecular weight is 240 g/mol. The molecule has 6 nitrogen and oxygen atoms in total. The first-order valence-corrected chi connectivity index (χ1v) is 7.62. The van der Waals surface area contributed by atoms with Gasteiger partial charge in [0.2, 0.25) is 20.0 Å². The smallest absolute Gasteiger partial charge is 0.212 e. The van der Waals surface area contributed by atoms with Gasteiger partial charge in [0.1, 0.15) is 0 Å². The molecule has 0 unspecified atom stereocenters. The standard InChI is InChI=1S/C6H12N2O4S2/c1-13(9,10)7-4-3-5-8(6-7)14(2,11)12/h3-5H2,1-2H3. The number of hydrogen-bond donors (Lipinski definition) is 0. The molecule has 0 aromatic rings. The predicted octanol–water partition coefficient (Wildman–Crippen LogP) is -1.09. The van der Waals surface area contributed by atoms with Gasteiger partial charge in [0.15, 0.2) is 6.67 Å². The molecule has 1 rings (SSSR count). The van der Waals surface area contributed by atoms with Gasteiger partial charge in [0, 0.05) is 13.1 Å². The molecule has 2 radical (unpaired) electrons. The van der Waals surface area contributed by atoms with E-state index in [2.05, 4.69) is 6.67 Å². The van der Waals surface area contributed by atoms with E-state index < -0.39 is 20.0 Å². The van der Waals surface area contributed by atoms with Crippen molar-refractivity contribution in [1.29, 1.82) is 0 Å². The summed E-state index contributed by atoms with van der Waals surface area (Å²) in [5.41, 5.74) is 0. The van der Waals surface area contributed by atoms with Crippen molar-refractivity contribution in [3.8, 4) is 0 Å². The Kier molecular flexibility index (Phi) is 3.20.